The third-order valence-corrected chi connectivity index (χ3v) is 12.0. The van der Waals surface area contributed by atoms with E-state index in [1.165, 1.54) is 6.07 Å². The van der Waals surface area contributed by atoms with Crippen LogP contribution in [0.3, 0.4) is 0 Å². The van der Waals surface area contributed by atoms with Gasteiger partial charge in [-0.05, 0) is 50.1 Å². The van der Waals surface area contributed by atoms with E-state index in [0.717, 1.165) is 19.4 Å². The molecule has 3 saturated heterocycles. The van der Waals surface area contributed by atoms with Gasteiger partial charge in [0.25, 0.3) is 0 Å². The normalized spacial score (nSPS) is 25.8. The number of anilines is 1. The van der Waals surface area contributed by atoms with Crippen molar-refractivity contribution in [3.8, 4) is 29.6 Å². The molecule has 0 aliphatic carbocycles. The van der Waals surface area contributed by atoms with E-state index >= 15 is 8.78 Å². The maximum absolute atomic E-state index is 17.4. The van der Waals surface area contributed by atoms with Crippen LogP contribution in [0.4, 0.5) is 23.8 Å². The Morgan fingerprint density at radius 1 is 1.10 bits per heavy atom. The molecule has 0 bridgehead atoms. The first-order chi connectivity index (χ1) is 24.7. The van der Waals surface area contributed by atoms with Crippen molar-refractivity contribution in [2.75, 3.05) is 37.7 Å². The minimum atomic E-state index is -0.939. The standard InChI is InChI=1S/C38H38F3IN6O3/c1-4-21-15-25-19-48(37(49)51-42)24(5-2)18-47(25)35-30-32(21)43-33(27-10-7-9-22-11-12-28(40)26(6-3)29(22)27)31(41)34(30)44-36(45-35)50-20-38-13-8-14-46(38)17-23(39)16-38/h3,7,9-12,21,23-25H,4-5,8,13-20H2,1-2H3/t21-,23+,24+,25+,38-/m0/s1. The van der Waals surface area contributed by atoms with Gasteiger partial charge in [-0.3, -0.25) is 4.90 Å². The van der Waals surface area contributed by atoms with Gasteiger partial charge in [0.1, 0.15) is 35.6 Å². The molecular weight excluding hydrogens is 772 g/mol. The lowest BCUT2D eigenvalue weighted by Gasteiger charge is -2.46. The predicted molar refractivity (Wildman–Crippen MR) is 197 cm³/mol. The van der Waals surface area contributed by atoms with Gasteiger partial charge in [-0.2, -0.15) is 9.97 Å². The van der Waals surface area contributed by atoms with Gasteiger partial charge in [0, 0.05) is 49.0 Å². The average molecular weight is 811 g/mol. The number of benzene rings is 2. The molecule has 9 nitrogen and oxygen atoms in total. The van der Waals surface area contributed by atoms with Crippen LogP contribution in [-0.2, 0) is 3.07 Å². The predicted octanol–water partition coefficient (Wildman–Crippen LogP) is 7.71. The molecule has 4 aliphatic rings. The molecule has 0 saturated carbocycles. The van der Waals surface area contributed by atoms with Gasteiger partial charge in [0.15, 0.2) is 28.8 Å². The monoisotopic (exact) mass is 810 g/mol. The number of rotatable bonds is 6. The molecule has 0 spiro atoms. The number of piperazine rings is 1. The molecule has 2 aromatic heterocycles. The third-order valence-electron chi connectivity index (χ3n) is 11.6. The van der Waals surface area contributed by atoms with Gasteiger partial charge in [0.05, 0.1) is 28.2 Å². The van der Waals surface area contributed by atoms with Crippen LogP contribution in [-0.4, -0.2) is 87.4 Å². The summed E-state index contributed by atoms with van der Waals surface area (Å²) >= 11 is 1.62. The summed E-state index contributed by atoms with van der Waals surface area (Å²) in [6.07, 6.45) is 8.51. The van der Waals surface area contributed by atoms with Gasteiger partial charge in [-0.25, -0.2) is 22.9 Å². The van der Waals surface area contributed by atoms with Crippen LogP contribution < -0.4 is 9.64 Å². The summed E-state index contributed by atoms with van der Waals surface area (Å²) in [5, 5.41) is 1.54. The van der Waals surface area contributed by atoms with Crippen LogP contribution in [0.5, 0.6) is 6.01 Å². The van der Waals surface area contributed by atoms with E-state index in [1.54, 1.807) is 52.2 Å². The van der Waals surface area contributed by atoms with Crippen molar-refractivity contribution in [3.63, 3.8) is 0 Å². The first kappa shape index (κ1) is 34.2. The second-order valence-corrected chi connectivity index (χ2v) is 14.7. The SMILES string of the molecule is C#Cc1c(F)ccc2cccc(-c3nc4c5c(nc(OC[C@@]67CCCN6C[C@H](F)C7)nc5c3F)N3C[C@@H](CC)N(C(=O)OI)C[C@H]3C[C@@H]4CC)c12. The Hall–Kier alpha value is -3.90. The zero-order valence-electron chi connectivity index (χ0n) is 28.5. The molecule has 13 heteroatoms. The maximum Gasteiger partial charge on any atom is 0.419 e. The highest BCUT2D eigenvalue weighted by Crippen LogP contribution is 2.46. The summed E-state index contributed by atoms with van der Waals surface area (Å²) in [4.78, 5) is 33.8. The molecule has 8 rings (SSSR count). The largest absolute Gasteiger partial charge is 0.461 e. The molecule has 0 unspecified atom stereocenters. The first-order valence-corrected chi connectivity index (χ1v) is 18.5. The van der Waals surface area contributed by atoms with Crippen LogP contribution in [0.1, 0.15) is 69.5 Å². The van der Waals surface area contributed by atoms with Gasteiger partial charge in [-0.15, -0.1) is 6.42 Å². The number of halogens is 4. The fourth-order valence-corrected chi connectivity index (χ4v) is 9.33. The topological polar surface area (TPSA) is 83.9 Å². The second kappa shape index (κ2) is 13.3. The number of alkyl halides is 1. The van der Waals surface area contributed by atoms with Crippen molar-refractivity contribution in [3.05, 3.63) is 53.2 Å². The fourth-order valence-electron chi connectivity index (χ4n) is 9.08. The number of aromatic nitrogens is 3. The highest BCUT2D eigenvalue weighted by atomic mass is 127. The molecule has 3 fully saturated rings. The lowest BCUT2D eigenvalue weighted by Crippen LogP contribution is -2.60. The van der Waals surface area contributed by atoms with E-state index in [0.29, 0.717) is 78.6 Å². The number of nitrogens with zero attached hydrogens (tertiary/aromatic N) is 6. The molecule has 51 heavy (non-hydrogen) atoms. The van der Waals surface area contributed by atoms with Gasteiger partial charge < -0.3 is 17.6 Å². The van der Waals surface area contributed by atoms with Crippen LogP contribution in [0.2, 0.25) is 0 Å². The Morgan fingerprint density at radius 3 is 2.71 bits per heavy atom. The Morgan fingerprint density at radius 2 is 1.94 bits per heavy atom. The van der Waals surface area contributed by atoms with Crippen molar-refractivity contribution < 1.29 is 25.8 Å². The van der Waals surface area contributed by atoms with E-state index in [9.17, 15) is 9.18 Å². The quantitative estimate of drug-likeness (QED) is 0.145. The summed E-state index contributed by atoms with van der Waals surface area (Å²) in [5.41, 5.74) is 0.606. The molecule has 2 aromatic carbocycles. The van der Waals surface area contributed by atoms with Crippen molar-refractivity contribution in [1.82, 2.24) is 24.8 Å². The van der Waals surface area contributed by atoms with E-state index in [-0.39, 0.29) is 47.4 Å². The Labute approximate surface area is 308 Å². The number of carbonyl (C=O) groups is 1. The van der Waals surface area contributed by atoms with Gasteiger partial charge >= 0.3 is 12.1 Å². The van der Waals surface area contributed by atoms with E-state index in [2.05, 4.69) is 22.6 Å². The minimum absolute atomic E-state index is 0.00726. The zero-order chi connectivity index (χ0) is 35.6. The van der Waals surface area contributed by atoms with Gasteiger partial charge in [-0.1, -0.05) is 44.0 Å². The number of fused-ring (bicyclic) bond motifs is 4. The number of hydrogen-bond donors (Lipinski definition) is 0. The van der Waals surface area contributed by atoms with Crippen molar-refractivity contribution in [1.29, 1.82) is 0 Å². The van der Waals surface area contributed by atoms with Gasteiger partial charge in [0.2, 0.25) is 0 Å². The summed E-state index contributed by atoms with van der Waals surface area (Å²) in [6.45, 7) is 6.23. The summed E-state index contributed by atoms with van der Waals surface area (Å²) in [7, 11) is 0. The number of carbonyl (C=O) groups excluding carboxylic acids is 1. The minimum Gasteiger partial charge on any atom is -0.461 e. The molecular formula is C38H38F3IN6O3. The van der Waals surface area contributed by atoms with Crippen LogP contribution in [0, 0.1) is 24.0 Å². The Bertz CT molecular complexity index is 2100. The Balaban J connectivity index is 1.34. The fraction of sp³-hybridized carbons (Fsp3) is 0.474. The number of pyridine rings is 1. The first-order valence-electron chi connectivity index (χ1n) is 17.7. The van der Waals surface area contributed by atoms with E-state index in [1.807, 2.05) is 6.92 Å². The number of ether oxygens (including phenoxy) is 1. The third kappa shape index (κ3) is 5.55. The molecule has 1 amide bonds. The molecule has 266 valence electrons. The molecule has 0 radical (unpaired) electrons. The van der Waals surface area contributed by atoms with Crippen molar-refractivity contribution >= 4 is 56.6 Å². The van der Waals surface area contributed by atoms with Crippen molar-refractivity contribution in [2.45, 2.75) is 82.1 Å². The molecule has 4 aromatic rings. The van der Waals surface area contributed by atoms with Crippen molar-refractivity contribution in [2.24, 2.45) is 0 Å². The highest BCUT2D eigenvalue weighted by Gasteiger charge is 2.50. The molecule has 4 aliphatic heterocycles. The summed E-state index contributed by atoms with van der Waals surface area (Å²) < 4.78 is 58.7. The van der Waals surface area contributed by atoms with Crippen LogP contribution in [0.25, 0.3) is 32.9 Å². The second-order valence-electron chi connectivity index (χ2n) is 14.3. The molecule has 6 heterocycles. The molecule has 0 N–H and O–H groups in total. The lowest BCUT2D eigenvalue weighted by molar-refractivity contribution is 0.107. The number of terminal acetylenes is 1. The van der Waals surface area contributed by atoms with Crippen LogP contribution >= 0.6 is 23.0 Å². The smallest absolute Gasteiger partial charge is 0.419 e. The summed E-state index contributed by atoms with van der Waals surface area (Å²) in [5.74, 6) is 1.53. The van der Waals surface area contributed by atoms with E-state index in [4.69, 9.17) is 29.2 Å². The molecule has 5 atom stereocenters. The summed E-state index contributed by atoms with van der Waals surface area (Å²) in [6, 6.07) is 7.83. The zero-order valence-corrected chi connectivity index (χ0v) is 30.6. The van der Waals surface area contributed by atoms with E-state index < -0.39 is 29.4 Å². The average Bonchev–Trinajstić information content (AvgIpc) is 3.63. The number of amides is 1. The maximum atomic E-state index is 17.4. The number of hydrogen-bond acceptors (Lipinski definition) is 8. The lowest BCUT2D eigenvalue weighted by atomic mass is 9.90. The van der Waals surface area contributed by atoms with Crippen LogP contribution in [0.15, 0.2) is 30.3 Å². The highest BCUT2D eigenvalue weighted by molar-refractivity contribution is 14.1. The Kier molecular flexibility index (Phi) is 8.89.